The summed E-state index contributed by atoms with van der Waals surface area (Å²) in [5, 5.41) is 0.497. The van der Waals surface area contributed by atoms with E-state index < -0.39 is 16.1 Å². The second-order valence-corrected chi connectivity index (χ2v) is 19.9. The molecule has 0 unspecified atom stereocenters. The Bertz CT molecular complexity index is 291. The second-order valence-electron chi connectivity index (χ2n) is 8.77. The summed E-state index contributed by atoms with van der Waals surface area (Å²) in [5.74, 6) is 0. The van der Waals surface area contributed by atoms with Crippen molar-refractivity contribution in [1.82, 2.24) is 0 Å². The minimum absolute atomic E-state index is 0.497. The molecule has 1 aliphatic rings. The van der Waals surface area contributed by atoms with E-state index in [2.05, 4.69) is 53.5 Å². The predicted molar refractivity (Wildman–Crippen MR) is 84.9 cm³/mol. The summed E-state index contributed by atoms with van der Waals surface area (Å²) in [6.45, 7) is 22.1. The second kappa shape index (κ2) is 4.24. The molecule has 0 aliphatic carbocycles. The lowest BCUT2D eigenvalue weighted by Crippen LogP contribution is -2.44. The van der Waals surface area contributed by atoms with E-state index in [-0.39, 0.29) is 0 Å². The molecule has 0 spiro atoms. The van der Waals surface area contributed by atoms with Gasteiger partial charge in [0, 0.05) is 6.54 Å². The van der Waals surface area contributed by atoms with Crippen molar-refractivity contribution in [3.05, 3.63) is 0 Å². The first-order valence-corrected chi connectivity index (χ1v) is 13.7. The third-order valence-corrected chi connectivity index (χ3v) is 13.4. The maximum Gasteiger partial charge on any atom is 0.116 e. The zero-order valence-electron chi connectivity index (χ0n) is 13.2. The highest BCUT2D eigenvalue weighted by atomic mass is 28.3. The molecule has 1 saturated heterocycles. The number of hydrogen-bond donors (Lipinski definition) is 0. The smallest absolute Gasteiger partial charge is 0.116 e. The average Bonchev–Trinajstić information content (AvgIpc) is 2.73. The molecule has 99 valence electrons. The largest absolute Gasteiger partial charge is 0.580 e. The first-order valence-electron chi connectivity index (χ1n) is 6.95. The molecule has 0 bridgehead atoms. The van der Waals surface area contributed by atoms with Crippen molar-refractivity contribution in [2.45, 2.75) is 70.3 Å². The Balaban J connectivity index is 2.55. The minimum Gasteiger partial charge on any atom is -0.580 e. The van der Waals surface area contributed by atoms with Crippen molar-refractivity contribution < 1.29 is 4.39 Å². The predicted octanol–water partition coefficient (Wildman–Crippen LogP) is 3.65. The average molecular weight is 268 g/mol. The summed E-state index contributed by atoms with van der Waals surface area (Å²) < 4.78 is 0.891. The normalized spacial score (nSPS) is 30.5. The number of quaternary nitrogens is 1. The van der Waals surface area contributed by atoms with Crippen molar-refractivity contribution in [2.75, 3.05) is 13.1 Å². The van der Waals surface area contributed by atoms with Crippen LogP contribution in [-0.4, -0.2) is 47.3 Å². The van der Waals surface area contributed by atoms with Crippen molar-refractivity contribution in [3.8, 4) is 0 Å². The van der Waals surface area contributed by atoms with Crippen LogP contribution in [0, 0.1) is 0 Å². The Morgan fingerprint density at radius 3 is 1.88 bits per heavy atom. The molecular weight excluding hydrogens is 237 g/mol. The lowest BCUT2D eigenvalue weighted by Gasteiger charge is -2.41. The molecule has 1 fully saturated rings. The zero-order chi connectivity index (χ0) is 13.7. The summed E-state index contributed by atoms with van der Waals surface area (Å²) >= 11 is 0. The molecule has 0 saturated carbocycles. The Morgan fingerprint density at radius 2 is 1.59 bits per heavy atom. The highest BCUT2D eigenvalue weighted by Crippen LogP contribution is 2.42. The van der Waals surface area contributed by atoms with Crippen LogP contribution in [0.1, 0.15) is 20.8 Å². The van der Waals surface area contributed by atoms with Gasteiger partial charge in [-0.1, -0.05) is 53.5 Å². The fraction of sp³-hybridized carbons (Fsp3) is 1.00. The Kier molecular flexibility index (Phi) is 3.87. The van der Waals surface area contributed by atoms with Gasteiger partial charge in [-0.15, -0.1) is 0 Å². The molecule has 1 heterocycles. The van der Waals surface area contributed by atoms with E-state index in [0.717, 1.165) is 10.1 Å². The molecular formula is C13H31BNSi2. The van der Waals surface area contributed by atoms with Gasteiger partial charge in [0.2, 0.25) is 0 Å². The number of hydrogen-bond acceptors (Lipinski definition) is 0. The van der Waals surface area contributed by atoms with Crippen molar-refractivity contribution >= 4 is 24.1 Å². The highest BCUT2D eigenvalue weighted by molar-refractivity contribution is 6.80. The number of nitrogens with zero attached hydrogens (tertiary/aromatic N) is 1. The van der Waals surface area contributed by atoms with Gasteiger partial charge in [-0.2, -0.15) is 0 Å². The minimum atomic E-state index is -1.14. The monoisotopic (exact) mass is 268 g/mol. The van der Waals surface area contributed by atoms with E-state index in [4.69, 9.17) is 7.98 Å². The molecule has 1 nitrogen and oxygen atoms in total. The summed E-state index contributed by atoms with van der Waals surface area (Å²) in [6.07, 6.45) is 0. The van der Waals surface area contributed by atoms with Gasteiger partial charge < -0.3 is 4.39 Å². The molecule has 3 radical (unpaired) electrons. The summed E-state index contributed by atoms with van der Waals surface area (Å²) in [6, 6.07) is 1.37. The van der Waals surface area contributed by atoms with E-state index in [1.54, 1.807) is 0 Å². The van der Waals surface area contributed by atoms with Gasteiger partial charge in [0.1, 0.15) is 8.07 Å². The molecule has 17 heavy (non-hydrogen) atoms. The quantitative estimate of drug-likeness (QED) is 0.539. The molecule has 0 aromatic carbocycles. The standard InChI is InChI=1S/C13H31BNSi2/c1-13(2,3)17(7,8)10-9-15(14)11-12(15)16(4,5)6/h12H,9-11H2,1-8H3/t12-,15+/m0/s1. The Morgan fingerprint density at radius 1 is 1.12 bits per heavy atom. The van der Waals surface area contributed by atoms with Crippen LogP contribution < -0.4 is 0 Å². The summed E-state index contributed by atoms with van der Waals surface area (Å²) in [7, 11) is 4.34. The first-order chi connectivity index (χ1) is 7.30. The Labute approximate surface area is 112 Å². The summed E-state index contributed by atoms with van der Waals surface area (Å²) in [5.41, 5.74) is 0.812. The third-order valence-electron chi connectivity index (χ3n) is 5.18. The van der Waals surface area contributed by atoms with Crippen LogP contribution in [0.25, 0.3) is 0 Å². The molecule has 1 rings (SSSR count). The van der Waals surface area contributed by atoms with E-state index >= 15 is 0 Å². The van der Waals surface area contributed by atoms with Gasteiger partial charge in [-0.25, -0.2) is 7.98 Å². The van der Waals surface area contributed by atoms with Crippen molar-refractivity contribution in [2.24, 2.45) is 0 Å². The van der Waals surface area contributed by atoms with Crippen LogP contribution in [0.5, 0.6) is 0 Å². The molecule has 0 aromatic heterocycles. The van der Waals surface area contributed by atoms with E-state index in [1.807, 2.05) is 0 Å². The maximum atomic E-state index is 6.52. The van der Waals surface area contributed by atoms with Crippen LogP contribution in [0.4, 0.5) is 0 Å². The van der Waals surface area contributed by atoms with Crippen molar-refractivity contribution in [1.29, 1.82) is 0 Å². The highest BCUT2D eigenvalue weighted by Gasteiger charge is 2.50. The molecule has 0 N–H and O–H groups in total. The lowest BCUT2D eigenvalue weighted by atomic mass is 10.2. The first kappa shape index (κ1) is 15.5. The fourth-order valence-electron chi connectivity index (χ4n) is 2.43. The van der Waals surface area contributed by atoms with Crippen LogP contribution >= 0.6 is 0 Å². The number of rotatable bonds is 4. The van der Waals surface area contributed by atoms with Crippen LogP contribution in [0.15, 0.2) is 0 Å². The van der Waals surface area contributed by atoms with E-state index in [9.17, 15) is 0 Å². The van der Waals surface area contributed by atoms with E-state index in [1.165, 1.54) is 19.1 Å². The van der Waals surface area contributed by atoms with Gasteiger partial charge in [-0.3, -0.25) is 0 Å². The zero-order valence-corrected chi connectivity index (χ0v) is 15.2. The molecule has 0 aromatic rings. The SMILES string of the molecule is [B-][N@+]1(CC[Si](C)(C)C(C)(C)C)C[C@@H]1[Si](C)(C)C. The van der Waals surface area contributed by atoms with E-state index in [0.29, 0.717) is 5.04 Å². The van der Waals surface area contributed by atoms with Crippen LogP contribution in [-0.2, 0) is 0 Å². The topological polar surface area (TPSA) is 0 Å². The molecule has 4 heteroatoms. The van der Waals surface area contributed by atoms with Gasteiger partial charge in [0.15, 0.2) is 0 Å². The third kappa shape index (κ3) is 3.48. The lowest BCUT2D eigenvalue weighted by molar-refractivity contribution is -0.678. The molecule has 0 amide bonds. The van der Waals surface area contributed by atoms with Crippen LogP contribution in [0.2, 0.25) is 43.8 Å². The van der Waals surface area contributed by atoms with Gasteiger partial charge in [0.25, 0.3) is 0 Å². The molecule has 2 atom stereocenters. The fourth-order valence-corrected chi connectivity index (χ4v) is 6.71. The molecule has 1 aliphatic heterocycles. The van der Waals surface area contributed by atoms with Crippen LogP contribution in [0.3, 0.4) is 0 Å². The summed E-state index contributed by atoms with van der Waals surface area (Å²) in [4.78, 5) is 0. The van der Waals surface area contributed by atoms with Gasteiger partial charge in [0.05, 0.1) is 20.3 Å². The van der Waals surface area contributed by atoms with Gasteiger partial charge in [-0.05, 0) is 11.1 Å². The Hall–Kier alpha value is 0.459. The van der Waals surface area contributed by atoms with Crippen molar-refractivity contribution in [3.63, 3.8) is 0 Å². The maximum absolute atomic E-state index is 6.52. The van der Waals surface area contributed by atoms with Gasteiger partial charge >= 0.3 is 0 Å².